The van der Waals surface area contributed by atoms with Crippen LogP contribution in [0, 0.1) is 10.1 Å². The van der Waals surface area contributed by atoms with E-state index in [-0.39, 0.29) is 23.3 Å². The van der Waals surface area contributed by atoms with Gasteiger partial charge in [0, 0.05) is 36.1 Å². The number of anilines is 2. The van der Waals surface area contributed by atoms with Crippen LogP contribution in [0.15, 0.2) is 71.4 Å². The van der Waals surface area contributed by atoms with Gasteiger partial charge in [-0.05, 0) is 60.0 Å². The van der Waals surface area contributed by atoms with Crippen molar-refractivity contribution in [3.63, 3.8) is 0 Å². The Morgan fingerprint density at radius 2 is 1.93 bits per heavy atom. The van der Waals surface area contributed by atoms with E-state index in [9.17, 15) is 19.7 Å². The van der Waals surface area contributed by atoms with Crippen molar-refractivity contribution in [1.82, 2.24) is 0 Å². The normalized spacial score (nSPS) is 12.7. The molecular formula is C22H17N3O5. The van der Waals surface area contributed by atoms with Crippen molar-refractivity contribution in [2.24, 2.45) is 0 Å². The Morgan fingerprint density at radius 3 is 2.63 bits per heavy atom. The molecule has 3 aromatic rings. The number of rotatable bonds is 5. The summed E-state index contributed by atoms with van der Waals surface area (Å²) in [6.07, 6.45) is 5.10. The third-order valence-electron chi connectivity index (χ3n) is 4.76. The minimum absolute atomic E-state index is 0.0107. The van der Waals surface area contributed by atoms with E-state index < -0.39 is 4.92 Å². The maximum Gasteiger partial charge on any atom is 0.293 e. The van der Waals surface area contributed by atoms with Gasteiger partial charge in [0.2, 0.25) is 5.91 Å². The number of hydrogen-bond donors (Lipinski definition) is 1. The Balaban J connectivity index is 1.45. The lowest BCUT2D eigenvalue weighted by molar-refractivity contribution is -0.384. The molecule has 2 amide bonds. The van der Waals surface area contributed by atoms with Gasteiger partial charge in [0.05, 0.1) is 11.2 Å². The molecule has 8 nitrogen and oxygen atoms in total. The van der Waals surface area contributed by atoms with Gasteiger partial charge in [-0.15, -0.1) is 0 Å². The second kappa shape index (κ2) is 8.04. The predicted octanol–water partition coefficient (Wildman–Crippen LogP) is 4.04. The molecule has 1 aliphatic rings. The van der Waals surface area contributed by atoms with Gasteiger partial charge in [-0.25, -0.2) is 0 Å². The van der Waals surface area contributed by atoms with Crippen LogP contribution in [0.25, 0.3) is 6.08 Å². The molecule has 2 aromatic carbocycles. The lowest BCUT2D eigenvalue weighted by Gasteiger charge is -2.16. The second-order valence-electron chi connectivity index (χ2n) is 6.70. The van der Waals surface area contributed by atoms with E-state index in [4.69, 9.17) is 4.42 Å². The zero-order valence-electron chi connectivity index (χ0n) is 15.8. The lowest BCUT2D eigenvalue weighted by Crippen LogP contribution is -2.28. The number of fused-ring (bicyclic) bond motifs is 1. The molecule has 1 N–H and O–H groups in total. The van der Waals surface area contributed by atoms with Gasteiger partial charge in [0.1, 0.15) is 0 Å². The van der Waals surface area contributed by atoms with E-state index in [0.717, 1.165) is 17.7 Å². The van der Waals surface area contributed by atoms with Gasteiger partial charge in [-0.1, -0.05) is 6.07 Å². The van der Waals surface area contributed by atoms with Gasteiger partial charge in [-0.3, -0.25) is 19.7 Å². The standard InChI is InChI=1S/C22H17N3O5/c26-21(10-5-15-3-8-18(9-4-15)25(28)29)23-17-7-6-16-11-12-24(19(16)14-17)22(27)20-2-1-13-30-20/h1-10,13-14H,11-12H2,(H,23,26). The lowest BCUT2D eigenvalue weighted by atomic mass is 10.1. The number of hydrogen-bond acceptors (Lipinski definition) is 5. The van der Waals surface area contributed by atoms with E-state index in [1.54, 1.807) is 47.4 Å². The van der Waals surface area contributed by atoms with Gasteiger partial charge in [0.15, 0.2) is 5.76 Å². The number of carbonyl (C=O) groups is 2. The van der Waals surface area contributed by atoms with E-state index in [0.29, 0.717) is 17.8 Å². The summed E-state index contributed by atoms with van der Waals surface area (Å²) in [5, 5.41) is 13.5. The Bertz CT molecular complexity index is 1130. The molecule has 30 heavy (non-hydrogen) atoms. The third-order valence-corrected chi connectivity index (χ3v) is 4.76. The molecule has 1 aromatic heterocycles. The highest BCUT2D eigenvalue weighted by Gasteiger charge is 2.27. The SMILES string of the molecule is O=C(C=Cc1ccc([N+](=O)[O-])cc1)Nc1ccc2c(c1)N(C(=O)c1ccco1)CC2. The van der Waals surface area contributed by atoms with Crippen LogP contribution in [-0.4, -0.2) is 23.3 Å². The van der Waals surface area contributed by atoms with E-state index in [2.05, 4.69) is 5.32 Å². The van der Waals surface area contributed by atoms with Gasteiger partial charge >= 0.3 is 0 Å². The number of carbonyl (C=O) groups excluding carboxylic acids is 2. The molecule has 0 aliphatic carbocycles. The summed E-state index contributed by atoms with van der Waals surface area (Å²) in [6.45, 7) is 0.548. The summed E-state index contributed by atoms with van der Waals surface area (Å²) in [6, 6.07) is 14.6. The first-order valence-electron chi connectivity index (χ1n) is 9.23. The number of nitro groups is 1. The molecule has 0 atom stereocenters. The average molecular weight is 403 g/mol. The van der Waals surface area contributed by atoms with Crippen molar-refractivity contribution in [1.29, 1.82) is 0 Å². The van der Waals surface area contributed by atoms with Crippen LogP contribution in [-0.2, 0) is 11.2 Å². The molecule has 1 aliphatic heterocycles. The highest BCUT2D eigenvalue weighted by Crippen LogP contribution is 2.32. The van der Waals surface area contributed by atoms with Crippen molar-refractivity contribution >= 4 is 35.0 Å². The smallest absolute Gasteiger partial charge is 0.293 e. The fourth-order valence-corrected chi connectivity index (χ4v) is 3.26. The largest absolute Gasteiger partial charge is 0.459 e. The number of non-ortho nitro benzene ring substituents is 1. The van der Waals surface area contributed by atoms with Crippen LogP contribution < -0.4 is 10.2 Å². The molecule has 0 bridgehead atoms. The average Bonchev–Trinajstić information content (AvgIpc) is 3.42. The van der Waals surface area contributed by atoms with E-state index >= 15 is 0 Å². The number of nitro benzene ring substituents is 1. The minimum Gasteiger partial charge on any atom is -0.459 e. The molecule has 0 spiro atoms. The van der Waals surface area contributed by atoms with Crippen molar-refractivity contribution in [2.45, 2.75) is 6.42 Å². The Hall–Kier alpha value is -4.20. The minimum atomic E-state index is -0.478. The first kappa shape index (κ1) is 19.1. The van der Waals surface area contributed by atoms with Crippen molar-refractivity contribution < 1.29 is 18.9 Å². The van der Waals surface area contributed by atoms with Crippen LogP contribution in [0.1, 0.15) is 21.7 Å². The van der Waals surface area contributed by atoms with Crippen LogP contribution >= 0.6 is 0 Å². The highest BCUT2D eigenvalue weighted by molar-refractivity contribution is 6.06. The Kier molecular flexibility index (Phi) is 5.13. The van der Waals surface area contributed by atoms with Gasteiger partial charge in [-0.2, -0.15) is 0 Å². The summed E-state index contributed by atoms with van der Waals surface area (Å²) in [4.78, 5) is 36.7. The fourth-order valence-electron chi connectivity index (χ4n) is 3.26. The van der Waals surface area contributed by atoms with E-state index in [1.807, 2.05) is 6.07 Å². The number of nitrogens with zero attached hydrogens (tertiary/aromatic N) is 2. The monoisotopic (exact) mass is 403 g/mol. The maximum atomic E-state index is 12.6. The van der Waals surface area contributed by atoms with Gasteiger partial charge in [0.25, 0.3) is 11.6 Å². The first-order valence-corrected chi connectivity index (χ1v) is 9.23. The van der Waals surface area contributed by atoms with Crippen LogP contribution in [0.4, 0.5) is 17.1 Å². The van der Waals surface area contributed by atoms with Crippen LogP contribution in [0.2, 0.25) is 0 Å². The zero-order chi connectivity index (χ0) is 21.1. The first-order chi connectivity index (χ1) is 14.5. The Labute approximate surface area is 171 Å². The number of amides is 2. The van der Waals surface area contributed by atoms with Crippen LogP contribution in [0.3, 0.4) is 0 Å². The van der Waals surface area contributed by atoms with Crippen LogP contribution in [0.5, 0.6) is 0 Å². The zero-order valence-corrected chi connectivity index (χ0v) is 15.8. The molecule has 2 heterocycles. The number of benzene rings is 2. The Morgan fingerprint density at radius 1 is 1.13 bits per heavy atom. The fraction of sp³-hybridized carbons (Fsp3) is 0.0909. The van der Waals surface area contributed by atoms with Crippen molar-refractivity contribution in [3.05, 3.63) is 93.9 Å². The summed E-state index contributed by atoms with van der Waals surface area (Å²) < 4.78 is 5.20. The molecule has 0 fully saturated rings. The molecule has 0 saturated carbocycles. The molecule has 8 heteroatoms. The molecule has 150 valence electrons. The topological polar surface area (TPSA) is 106 Å². The van der Waals surface area contributed by atoms with Gasteiger partial charge < -0.3 is 14.6 Å². The molecular weight excluding hydrogens is 386 g/mol. The summed E-state index contributed by atoms with van der Waals surface area (Å²) in [7, 11) is 0. The molecule has 4 rings (SSSR count). The molecule has 0 unspecified atom stereocenters. The number of nitrogens with one attached hydrogen (secondary N) is 1. The molecule has 0 radical (unpaired) electrons. The molecule has 0 saturated heterocycles. The summed E-state index contributed by atoms with van der Waals surface area (Å²) >= 11 is 0. The maximum absolute atomic E-state index is 12.6. The second-order valence-corrected chi connectivity index (χ2v) is 6.70. The van der Waals surface area contributed by atoms with Crippen molar-refractivity contribution in [2.75, 3.05) is 16.8 Å². The highest BCUT2D eigenvalue weighted by atomic mass is 16.6. The predicted molar refractivity (Wildman–Crippen MR) is 111 cm³/mol. The summed E-state index contributed by atoms with van der Waals surface area (Å²) in [5.41, 5.74) is 2.98. The van der Waals surface area contributed by atoms with E-state index in [1.165, 1.54) is 24.5 Å². The summed E-state index contributed by atoms with van der Waals surface area (Å²) in [5.74, 6) is -0.307. The third kappa shape index (κ3) is 3.97. The van der Waals surface area contributed by atoms with Crippen molar-refractivity contribution in [3.8, 4) is 0 Å². The quantitative estimate of drug-likeness (QED) is 0.393. The number of furan rings is 1.